The summed E-state index contributed by atoms with van der Waals surface area (Å²) in [6.07, 6.45) is 5.11. The van der Waals surface area contributed by atoms with E-state index >= 15 is 0 Å². The van der Waals surface area contributed by atoms with Crippen LogP contribution in [0, 0.1) is 0 Å². The zero-order valence-corrected chi connectivity index (χ0v) is 11.0. The van der Waals surface area contributed by atoms with Gasteiger partial charge in [0.2, 0.25) is 0 Å². The minimum absolute atomic E-state index is 0.217. The molecule has 1 fully saturated rings. The van der Waals surface area contributed by atoms with Crippen molar-refractivity contribution in [1.29, 1.82) is 0 Å². The van der Waals surface area contributed by atoms with E-state index in [1.165, 1.54) is 19.3 Å². The highest BCUT2D eigenvalue weighted by Crippen LogP contribution is 2.34. The summed E-state index contributed by atoms with van der Waals surface area (Å²) in [6, 6.07) is 0. The topological polar surface area (TPSA) is 18.5 Å². The first-order valence-electron chi connectivity index (χ1n) is 5.55. The van der Waals surface area contributed by atoms with E-state index in [0.29, 0.717) is 0 Å². The zero-order chi connectivity index (χ0) is 10.6. The Morgan fingerprint density at radius 3 is 2.14 bits per heavy atom. The lowest BCUT2D eigenvalue weighted by Crippen LogP contribution is -2.32. The molecule has 0 spiro atoms. The van der Waals surface area contributed by atoms with Crippen LogP contribution >= 0.6 is 15.9 Å². The van der Waals surface area contributed by atoms with Crippen LogP contribution in [-0.2, 0) is 9.47 Å². The highest BCUT2D eigenvalue weighted by molar-refractivity contribution is 9.09. The van der Waals surface area contributed by atoms with Crippen LogP contribution < -0.4 is 0 Å². The van der Waals surface area contributed by atoms with Crippen LogP contribution in [-0.4, -0.2) is 23.3 Å². The second-order valence-electron chi connectivity index (χ2n) is 4.15. The summed E-state index contributed by atoms with van der Waals surface area (Å²) in [5.74, 6) is -0.353. The van der Waals surface area contributed by atoms with Crippen LogP contribution in [0.15, 0.2) is 0 Å². The van der Waals surface area contributed by atoms with Gasteiger partial charge in [0.25, 0.3) is 0 Å². The number of hydrogen-bond acceptors (Lipinski definition) is 2. The van der Waals surface area contributed by atoms with Crippen LogP contribution in [0.5, 0.6) is 0 Å². The third-order valence-corrected chi connectivity index (χ3v) is 3.68. The lowest BCUT2D eigenvalue weighted by Gasteiger charge is -2.25. The Kier molecular flexibility index (Phi) is 4.88. The molecule has 0 aromatic carbocycles. The summed E-state index contributed by atoms with van der Waals surface area (Å²) in [5.41, 5.74) is 0. The minimum Gasteiger partial charge on any atom is -0.343 e. The van der Waals surface area contributed by atoms with Gasteiger partial charge in [-0.3, -0.25) is 0 Å². The van der Waals surface area contributed by atoms with Crippen LogP contribution in [0.1, 0.15) is 46.5 Å². The predicted molar refractivity (Wildman–Crippen MR) is 61.8 cm³/mol. The summed E-state index contributed by atoms with van der Waals surface area (Å²) >= 11 is 3.49. The molecule has 0 N–H and O–H groups in total. The molecule has 0 saturated carbocycles. The molecule has 1 aliphatic heterocycles. The Morgan fingerprint density at radius 1 is 1.14 bits per heavy atom. The molecule has 2 unspecified atom stereocenters. The fourth-order valence-electron chi connectivity index (χ4n) is 1.79. The van der Waals surface area contributed by atoms with Gasteiger partial charge in [-0.2, -0.15) is 0 Å². The molecule has 14 heavy (non-hydrogen) atoms. The van der Waals surface area contributed by atoms with Crippen molar-refractivity contribution in [1.82, 2.24) is 0 Å². The molecule has 3 heteroatoms. The van der Waals surface area contributed by atoms with Crippen LogP contribution in [0.25, 0.3) is 0 Å². The van der Waals surface area contributed by atoms with Gasteiger partial charge in [-0.15, -0.1) is 0 Å². The fourth-order valence-corrected chi connectivity index (χ4v) is 2.33. The van der Waals surface area contributed by atoms with Crippen LogP contribution in [0.3, 0.4) is 0 Å². The maximum absolute atomic E-state index is 5.89. The number of ether oxygens (including phenoxy) is 2. The standard InChI is InChI=1S/C11H21BrO2/c1-4-5-6-7-11(8-12)13-9(2)10(3)14-11/h9-10H,4-8H2,1-3H3. The molecule has 1 rings (SSSR count). The van der Waals surface area contributed by atoms with E-state index in [1.54, 1.807) is 0 Å². The second kappa shape index (κ2) is 5.47. The van der Waals surface area contributed by atoms with Crippen molar-refractivity contribution < 1.29 is 9.47 Å². The number of rotatable bonds is 5. The Morgan fingerprint density at radius 2 is 1.71 bits per heavy atom. The smallest absolute Gasteiger partial charge is 0.178 e. The normalized spacial score (nSPS) is 37.7. The average molecular weight is 265 g/mol. The summed E-state index contributed by atoms with van der Waals surface area (Å²) in [6.45, 7) is 6.37. The quantitative estimate of drug-likeness (QED) is 0.559. The molecule has 84 valence electrons. The summed E-state index contributed by atoms with van der Waals surface area (Å²) in [7, 11) is 0. The Labute approximate surface area is 95.5 Å². The van der Waals surface area contributed by atoms with Gasteiger partial charge in [-0.05, 0) is 20.3 Å². The first-order valence-corrected chi connectivity index (χ1v) is 6.67. The Hall–Kier alpha value is 0.400. The van der Waals surface area contributed by atoms with Crippen molar-refractivity contribution in [2.45, 2.75) is 64.4 Å². The van der Waals surface area contributed by atoms with Crippen LogP contribution in [0.2, 0.25) is 0 Å². The molecule has 0 amide bonds. The van der Waals surface area contributed by atoms with E-state index in [0.717, 1.165) is 11.8 Å². The van der Waals surface area contributed by atoms with Crippen molar-refractivity contribution in [2.24, 2.45) is 0 Å². The first kappa shape index (κ1) is 12.5. The summed E-state index contributed by atoms with van der Waals surface area (Å²) in [4.78, 5) is 0. The third kappa shape index (κ3) is 2.94. The van der Waals surface area contributed by atoms with E-state index in [2.05, 4.69) is 36.7 Å². The zero-order valence-electron chi connectivity index (χ0n) is 9.38. The predicted octanol–water partition coefficient (Wildman–Crippen LogP) is 3.48. The first-order chi connectivity index (χ1) is 6.63. The highest BCUT2D eigenvalue weighted by atomic mass is 79.9. The lowest BCUT2D eigenvalue weighted by atomic mass is 10.1. The number of hydrogen-bond donors (Lipinski definition) is 0. The minimum atomic E-state index is -0.353. The number of unbranched alkanes of at least 4 members (excludes halogenated alkanes) is 2. The van der Waals surface area contributed by atoms with Crippen LogP contribution in [0.4, 0.5) is 0 Å². The van der Waals surface area contributed by atoms with Gasteiger partial charge < -0.3 is 9.47 Å². The molecule has 0 radical (unpaired) electrons. The van der Waals surface area contributed by atoms with Gasteiger partial charge in [0.15, 0.2) is 5.79 Å². The maximum Gasteiger partial charge on any atom is 0.178 e. The molecule has 0 aliphatic carbocycles. The van der Waals surface area contributed by atoms with E-state index in [4.69, 9.17) is 9.47 Å². The largest absolute Gasteiger partial charge is 0.343 e. The molecule has 1 aliphatic rings. The molecule has 2 atom stereocenters. The maximum atomic E-state index is 5.89. The van der Waals surface area contributed by atoms with Crippen molar-refractivity contribution in [3.63, 3.8) is 0 Å². The second-order valence-corrected chi connectivity index (χ2v) is 4.71. The van der Waals surface area contributed by atoms with E-state index in [1.807, 2.05) is 0 Å². The van der Waals surface area contributed by atoms with Crippen molar-refractivity contribution in [3.8, 4) is 0 Å². The van der Waals surface area contributed by atoms with Gasteiger partial charge in [0.05, 0.1) is 17.5 Å². The molecular formula is C11H21BrO2. The summed E-state index contributed by atoms with van der Waals surface area (Å²) in [5, 5.41) is 0.776. The average Bonchev–Trinajstić information content (AvgIpc) is 2.44. The SMILES string of the molecule is CCCCCC1(CBr)OC(C)C(C)O1. The van der Waals surface area contributed by atoms with Crippen molar-refractivity contribution in [3.05, 3.63) is 0 Å². The van der Waals surface area contributed by atoms with Gasteiger partial charge in [0, 0.05) is 6.42 Å². The molecule has 2 nitrogen and oxygen atoms in total. The van der Waals surface area contributed by atoms with E-state index in [9.17, 15) is 0 Å². The highest BCUT2D eigenvalue weighted by Gasteiger charge is 2.42. The number of halogens is 1. The van der Waals surface area contributed by atoms with Gasteiger partial charge in [-0.1, -0.05) is 35.7 Å². The fraction of sp³-hybridized carbons (Fsp3) is 1.00. The monoisotopic (exact) mass is 264 g/mol. The van der Waals surface area contributed by atoms with E-state index < -0.39 is 0 Å². The molecular weight excluding hydrogens is 244 g/mol. The van der Waals surface area contributed by atoms with Crippen molar-refractivity contribution in [2.75, 3.05) is 5.33 Å². The van der Waals surface area contributed by atoms with Crippen molar-refractivity contribution >= 4 is 15.9 Å². The Bertz CT molecular complexity index is 163. The third-order valence-electron chi connectivity index (χ3n) is 2.83. The number of alkyl halides is 1. The van der Waals surface area contributed by atoms with Gasteiger partial charge >= 0.3 is 0 Å². The van der Waals surface area contributed by atoms with Gasteiger partial charge in [-0.25, -0.2) is 0 Å². The Balaban J connectivity index is 2.43. The summed E-state index contributed by atoms with van der Waals surface area (Å²) < 4.78 is 11.8. The molecule has 0 aromatic rings. The molecule has 1 saturated heterocycles. The van der Waals surface area contributed by atoms with Gasteiger partial charge in [0.1, 0.15) is 0 Å². The van der Waals surface area contributed by atoms with E-state index in [-0.39, 0.29) is 18.0 Å². The molecule has 0 aromatic heterocycles. The molecule has 1 heterocycles. The molecule has 0 bridgehead atoms. The lowest BCUT2D eigenvalue weighted by molar-refractivity contribution is -0.159.